The Balaban J connectivity index is 1.49. The van der Waals surface area contributed by atoms with E-state index in [-0.39, 0.29) is 11.3 Å². The van der Waals surface area contributed by atoms with Crippen LogP contribution < -0.4 is 14.8 Å². The second kappa shape index (κ2) is 9.04. The molecule has 0 unspecified atom stereocenters. The maximum absolute atomic E-state index is 12.1. The van der Waals surface area contributed by atoms with Crippen LogP contribution in [-0.2, 0) is 10.0 Å². The summed E-state index contributed by atoms with van der Waals surface area (Å²) in [5.74, 6) is 2.36. The number of anilines is 1. The van der Waals surface area contributed by atoms with Gasteiger partial charge in [-0.15, -0.1) is 0 Å². The lowest BCUT2D eigenvalue weighted by Crippen LogP contribution is -2.41. The van der Waals surface area contributed by atoms with Crippen molar-refractivity contribution < 1.29 is 13.2 Å². The lowest BCUT2D eigenvalue weighted by Gasteiger charge is -2.30. The third-order valence-corrected chi connectivity index (χ3v) is 8.05. The number of benzene rings is 1. The number of sulfonamides is 1. The van der Waals surface area contributed by atoms with Crippen molar-refractivity contribution in [1.82, 2.24) is 4.72 Å². The highest BCUT2D eigenvalue weighted by molar-refractivity contribution is 7.90. The van der Waals surface area contributed by atoms with Gasteiger partial charge < -0.3 is 10.1 Å². The van der Waals surface area contributed by atoms with E-state index >= 15 is 0 Å². The number of aryl methyl sites for hydroxylation is 1. The summed E-state index contributed by atoms with van der Waals surface area (Å²) in [4.78, 5) is 0. The van der Waals surface area contributed by atoms with Gasteiger partial charge in [-0.3, -0.25) is 0 Å². The SMILES string of the molecule is Cc1ccc(NC[C@H]2CC[C@H](NS(=O)(=O)C(C)C)CC2)c(C)c1OCC1CC1. The van der Waals surface area contributed by atoms with E-state index in [0.29, 0.717) is 5.92 Å². The maximum atomic E-state index is 12.1. The van der Waals surface area contributed by atoms with Gasteiger partial charge in [-0.2, -0.15) is 0 Å². The van der Waals surface area contributed by atoms with Gasteiger partial charge >= 0.3 is 0 Å². The lowest BCUT2D eigenvalue weighted by molar-refractivity contribution is 0.296. The van der Waals surface area contributed by atoms with Gasteiger partial charge in [0.15, 0.2) is 0 Å². The molecule has 0 radical (unpaired) electrons. The minimum absolute atomic E-state index is 0.0900. The van der Waals surface area contributed by atoms with E-state index in [4.69, 9.17) is 4.74 Å². The summed E-state index contributed by atoms with van der Waals surface area (Å²) in [6.45, 7) is 9.46. The molecule has 0 aromatic heterocycles. The Morgan fingerprint density at radius 3 is 2.29 bits per heavy atom. The fraction of sp³-hybridized carbons (Fsp3) is 0.727. The second-order valence-electron chi connectivity index (χ2n) is 8.95. The Labute approximate surface area is 170 Å². The van der Waals surface area contributed by atoms with Gasteiger partial charge in [-0.1, -0.05) is 6.07 Å². The largest absolute Gasteiger partial charge is 0.493 e. The predicted molar refractivity (Wildman–Crippen MR) is 116 cm³/mol. The molecule has 6 heteroatoms. The fourth-order valence-corrected chi connectivity index (χ4v) is 4.81. The predicted octanol–water partition coefficient (Wildman–Crippen LogP) is 4.39. The van der Waals surface area contributed by atoms with E-state index in [1.54, 1.807) is 13.8 Å². The van der Waals surface area contributed by atoms with E-state index in [2.05, 4.69) is 36.0 Å². The van der Waals surface area contributed by atoms with Crippen molar-refractivity contribution in [2.45, 2.75) is 77.5 Å². The van der Waals surface area contributed by atoms with Crippen molar-refractivity contribution in [3.8, 4) is 5.75 Å². The monoisotopic (exact) mass is 408 g/mol. The molecule has 28 heavy (non-hydrogen) atoms. The Hall–Kier alpha value is -1.27. The van der Waals surface area contributed by atoms with Crippen molar-refractivity contribution in [2.24, 2.45) is 11.8 Å². The number of rotatable bonds is 9. The van der Waals surface area contributed by atoms with E-state index in [0.717, 1.165) is 56.2 Å². The summed E-state index contributed by atoms with van der Waals surface area (Å²) in [6.07, 6.45) is 6.53. The zero-order valence-corrected chi connectivity index (χ0v) is 18.6. The third-order valence-electron chi connectivity index (χ3n) is 6.14. The first-order chi connectivity index (χ1) is 13.3. The Morgan fingerprint density at radius 2 is 1.68 bits per heavy atom. The summed E-state index contributed by atoms with van der Waals surface area (Å²) in [6, 6.07) is 4.37. The molecular weight excluding hydrogens is 372 g/mol. The van der Waals surface area contributed by atoms with Gasteiger partial charge in [-0.05, 0) is 89.7 Å². The molecule has 1 aromatic carbocycles. The highest BCUT2D eigenvalue weighted by atomic mass is 32.2. The van der Waals surface area contributed by atoms with Crippen LogP contribution in [0.25, 0.3) is 0 Å². The highest BCUT2D eigenvalue weighted by Gasteiger charge is 2.26. The Kier molecular flexibility index (Phi) is 6.92. The molecule has 2 aliphatic carbocycles. The van der Waals surface area contributed by atoms with Crippen LogP contribution in [0.2, 0.25) is 0 Å². The summed E-state index contributed by atoms with van der Waals surface area (Å²) < 4.78 is 33.1. The van der Waals surface area contributed by atoms with Gasteiger partial charge in [0.2, 0.25) is 10.0 Å². The summed E-state index contributed by atoms with van der Waals surface area (Å²) >= 11 is 0. The van der Waals surface area contributed by atoms with Gasteiger partial charge in [0.1, 0.15) is 5.75 Å². The van der Waals surface area contributed by atoms with Crippen LogP contribution in [0.3, 0.4) is 0 Å². The van der Waals surface area contributed by atoms with E-state index in [1.165, 1.54) is 24.0 Å². The van der Waals surface area contributed by atoms with Gasteiger partial charge in [0, 0.05) is 23.8 Å². The molecule has 0 bridgehead atoms. The number of hydrogen-bond acceptors (Lipinski definition) is 4. The topological polar surface area (TPSA) is 67.4 Å². The van der Waals surface area contributed by atoms with Crippen LogP contribution in [0.4, 0.5) is 5.69 Å². The first-order valence-corrected chi connectivity index (χ1v) is 12.3. The molecule has 0 amide bonds. The van der Waals surface area contributed by atoms with Crippen molar-refractivity contribution in [1.29, 1.82) is 0 Å². The Morgan fingerprint density at radius 1 is 1.04 bits per heavy atom. The number of ether oxygens (including phenoxy) is 1. The van der Waals surface area contributed by atoms with Crippen molar-refractivity contribution in [2.75, 3.05) is 18.5 Å². The van der Waals surface area contributed by atoms with Crippen LogP contribution in [0, 0.1) is 25.7 Å². The summed E-state index contributed by atoms with van der Waals surface area (Å²) in [7, 11) is -3.17. The smallest absolute Gasteiger partial charge is 0.214 e. The zero-order valence-electron chi connectivity index (χ0n) is 17.8. The maximum Gasteiger partial charge on any atom is 0.214 e. The molecule has 2 aliphatic rings. The summed E-state index contributed by atoms with van der Waals surface area (Å²) in [5.41, 5.74) is 3.54. The minimum atomic E-state index is -3.17. The average Bonchev–Trinajstić information content (AvgIpc) is 3.46. The van der Waals surface area contributed by atoms with E-state index < -0.39 is 10.0 Å². The molecule has 0 saturated heterocycles. The molecule has 1 aromatic rings. The zero-order chi connectivity index (χ0) is 20.3. The van der Waals surface area contributed by atoms with E-state index in [9.17, 15) is 8.42 Å². The molecule has 0 heterocycles. The molecule has 3 rings (SSSR count). The number of nitrogens with one attached hydrogen (secondary N) is 2. The van der Waals surface area contributed by atoms with Gasteiger partial charge in [0.25, 0.3) is 0 Å². The van der Waals surface area contributed by atoms with Crippen molar-refractivity contribution in [3.05, 3.63) is 23.3 Å². The Bertz CT molecular complexity index is 764. The number of hydrogen-bond donors (Lipinski definition) is 2. The second-order valence-corrected chi connectivity index (χ2v) is 11.2. The molecule has 2 fully saturated rings. The molecule has 0 spiro atoms. The third kappa shape index (κ3) is 5.63. The highest BCUT2D eigenvalue weighted by Crippen LogP contribution is 2.34. The van der Waals surface area contributed by atoms with Crippen molar-refractivity contribution >= 4 is 15.7 Å². The quantitative estimate of drug-likeness (QED) is 0.636. The first kappa shape index (κ1) is 21.4. The average molecular weight is 409 g/mol. The van der Waals surface area contributed by atoms with Gasteiger partial charge in [0.05, 0.1) is 11.9 Å². The molecule has 2 N–H and O–H groups in total. The van der Waals surface area contributed by atoms with Crippen molar-refractivity contribution in [3.63, 3.8) is 0 Å². The first-order valence-electron chi connectivity index (χ1n) is 10.7. The van der Waals surface area contributed by atoms with Crippen LogP contribution in [0.1, 0.15) is 63.5 Å². The standard InChI is InChI=1S/C22H36N2O3S/c1-15(2)28(25,26)24-20-10-8-18(9-11-20)13-23-21-12-5-16(3)22(17(21)4)27-14-19-6-7-19/h5,12,15,18-20,23-24H,6-11,13-14H2,1-4H3/t18-,20-. The molecule has 2 saturated carbocycles. The van der Waals surface area contributed by atoms with Crippen LogP contribution in [-0.4, -0.2) is 32.9 Å². The molecule has 0 atom stereocenters. The normalized spacial score (nSPS) is 23.0. The minimum Gasteiger partial charge on any atom is -0.493 e. The lowest BCUT2D eigenvalue weighted by atomic mass is 9.86. The summed E-state index contributed by atoms with van der Waals surface area (Å²) in [5, 5.41) is 3.25. The molecule has 0 aliphatic heterocycles. The van der Waals surface area contributed by atoms with E-state index in [1.807, 2.05) is 0 Å². The van der Waals surface area contributed by atoms with Crippen LogP contribution >= 0.6 is 0 Å². The molecular formula is C22H36N2O3S. The van der Waals surface area contributed by atoms with Crippen LogP contribution in [0.15, 0.2) is 12.1 Å². The van der Waals surface area contributed by atoms with Gasteiger partial charge in [-0.25, -0.2) is 13.1 Å². The molecule has 158 valence electrons. The van der Waals surface area contributed by atoms with Crippen LogP contribution in [0.5, 0.6) is 5.75 Å². The molecule has 5 nitrogen and oxygen atoms in total. The fourth-order valence-electron chi connectivity index (χ4n) is 3.83.